The van der Waals surface area contributed by atoms with Gasteiger partial charge >= 0.3 is 6.03 Å². The van der Waals surface area contributed by atoms with E-state index in [0.29, 0.717) is 51.2 Å². The summed E-state index contributed by atoms with van der Waals surface area (Å²) in [4.78, 5) is 23.3. The molecule has 2 rings (SSSR count). The summed E-state index contributed by atoms with van der Waals surface area (Å²) in [5.41, 5.74) is 0. The molecule has 32 heavy (non-hydrogen) atoms. The highest BCUT2D eigenvalue weighted by Gasteiger charge is 2.42. The second kappa shape index (κ2) is 15.3. The first-order valence-electron chi connectivity index (χ1n) is 10.9. The largest absolute Gasteiger partial charge is 0.378 e. The number of carbonyl (C=O) groups is 2. The number of ether oxygens (including phenoxy) is 3. The van der Waals surface area contributed by atoms with Crippen molar-refractivity contribution in [1.29, 1.82) is 0 Å². The predicted molar refractivity (Wildman–Crippen MR) is 127 cm³/mol. The van der Waals surface area contributed by atoms with Crippen molar-refractivity contribution in [2.24, 2.45) is 0 Å². The van der Waals surface area contributed by atoms with E-state index >= 15 is 0 Å². The summed E-state index contributed by atoms with van der Waals surface area (Å²) in [5, 5.41) is 9.22. The molecule has 0 bridgehead atoms. The van der Waals surface area contributed by atoms with Gasteiger partial charge in [-0.25, -0.2) is 9.00 Å². The highest BCUT2D eigenvalue weighted by atomic mass is 32.8. The summed E-state index contributed by atoms with van der Waals surface area (Å²) in [6.45, 7) is 2.85. The van der Waals surface area contributed by atoms with E-state index in [1.165, 1.54) is 7.11 Å². The Balaban J connectivity index is 1.32. The fourth-order valence-corrected chi connectivity index (χ4v) is 5.65. The van der Waals surface area contributed by atoms with Gasteiger partial charge in [0.1, 0.15) is 8.77 Å². The van der Waals surface area contributed by atoms with E-state index in [0.717, 1.165) is 25.0 Å². The van der Waals surface area contributed by atoms with Crippen molar-refractivity contribution in [1.82, 2.24) is 16.0 Å². The lowest BCUT2D eigenvalue weighted by atomic mass is 10.0. The Labute approximate surface area is 199 Å². The molecule has 10 nitrogen and oxygen atoms in total. The molecule has 2 aliphatic heterocycles. The van der Waals surface area contributed by atoms with Gasteiger partial charge in [-0.15, -0.1) is 0 Å². The molecule has 4 unspecified atom stereocenters. The van der Waals surface area contributed by atoms with E-state index in [2.05, 4.69) is 20.1 Å². The second-order valence-electron chi connectivity index (χ2n) is 7.48. The molecule has 2 aliphatic rings. The predicted octanol–water partition coefficient (Wildman–Crippen LogP) is 0.186. The molecule has 0 radical (unpaired) electrons. The van der Waals surface area contributed by atoms with Crippen molar-refractivity contribution in [3.8, 4) is 0 Å². The smallest absolute Gasteiger partial charge is 0.315 e. The van der Waals surface area contributed by atoms with Crippen LogP contribution in [0.3, 0.4) is 0 Å². The van der Waals surface area contributed by atoms with Crippen LogP contribution in [0.15, 0.2) is 0 Å². The topological polar surface area (TPSA) is 124 Å². The van der Waals surface area contributed by atoms with Crippen LogP contribution in [0.25, 0.3) is 0 Å². The number of urea groups is 1. The number of nitrogens with one attached hydrogen (secondary N) is 3. The lowest BCUT2D eigenvalue weighted by Crippen LogP contribution is -2.36. The van der Waals surface area contributed by atoms with Gasteiger partial charge in [0.05, 0.1) is 64.6 Å². The molecule has 0 saturated carbocycles. The van der Waals surface area contributed by atoms with Gasteiger partial charge in [0, 0.05) is 35.2 Å². The molecule has 0 aromatic rings. The standard InChI is InChI=1S/C19H35N3O7S3/c1-26-32(25,30)13-12-29-11-10-28-9-8-27-7-6-20-17(23)5-3-2-4-16-18-15(14-31-16)21-19(24)22-18/h15-16,18H,2-14H2,1H3,(H,20,23)(H2,21,22,24). The van der Waals surface area contributed by atoms with Gasteiger partial charge in [-0.05, 0) is 12.8 Å². The van der Waals surface area contributed by atoms with Crippen molar-refractivity contribution in [3.63, 3.8) is 0 Å². The van der Waals surface area contributed by atoms with Crippen LogP contribution in [0.2, 0.25) is 0 Å². The van der Waals surface area contributed by atoms with E-state index in [1.54, 1.807) is 0 Å². The minimum atomic E-state index is -2.65. The minimum Gasteiger partial charge on any atom is -0.378 e. The highest BCUT2D eigenvalue weighted by Crippen LogP contribution is 2.33. The molecule has 13 heteroatoms. The van der Waals surface area contributed by atoms with Crippen LogP contribution in [0.4, 0.5) is 4.79 Å². The Bertz CT molecular complexity index is 681. The molecule has 2 heterocycles. The quantitative estimate of drug-likeness (QED) is 0.174. The Morgan fingerprint density at radius 3 is 2.53 bits per heavy atom. The number of fused-ring (bicyclic) bond motifs is 1. The first kappa shape index (κ1) is 27.5. The summed E-state index contributed by atoms with van der Waals surface area (Å²) < 4.78 is 32.2. The molecule has 3 amide bonds. The van der Waals surface area contributed by atoms with E-state index < -0.39 is 8.77 Å². The number of carbonyl (C=O) groups excluding carboxylic acids is 2. The van der Waals surface area contributed by atoms with Crippen molar-refractivity contribution < 1.29 is 32.2 Å². The van der Waals surface area contributed by atoms with Crippen LogP contribution in [-0.4, -0.2) is 98.3 Å². The molecule has 2 fully saturated rings. The van der Waals surface area contributed by atoms with Crippen LogP contribution in [-0.2, 0) is 43.1 Å². The summed E-state index contributed by atoms with van der Waals surface area (Å²) in [6.07, 6.45) is 3.33. The number of rotatable bonds is 18. The molecule has 4 atom stereocenters. The maximum atomic E-state index is 11.9. The first-order valence-corrected chi connectivity index (χ1v) is 14.5. The average molecular weight is 514 g/mol. The molecule has 0 aromatic carbocycles. The van der Waals surface area contributed by atoms with Gasteiger partial charge in [0.2, 0.25) is 5.91 Å². The molecule has 0 aromatic heterocycles. The number of unbranched alkanes of at least 4 members (excludes halogenated alkanes) is 1. The Morgan fingerprint density at radius 1 is 1.12 bits per heavy atom. The normalized spacial score (nSPS) is 23.9. The van der Waals surface area contributed by atoms with Crippen LogP contribution < -0.4 is 16.0 Å². The summed E-state index contributed by atoms with van der Waals surface area (Å²) in [6, 6.07) is 0.412. The Morgan fingerprint density at radius 2 is 1.81 bits per heavy atom. The van der Waals surface area contributed by atoms with Crippen LogP contribution in [0, 0.1) is 0 Å². The number of hydrogen-bond acceptors (Lipinski definition) is 9. The van der Waals surface area contributed by atoms with Crippen LogP contribution in [0.5, 0.6) is 0 Å². The zero-order chi connectivity index (χ0) is 23.2. The monoisotopic (exact) mass is 513 g/mol. The van der Waals surface area contributed by atoms with E-state index in [-0.39, 0.29) is 36.4 Å². The Kier molecular flexibility index (Phi) is 13.1. The van der Waals surface area contributed by atoms with E-state index in [9.17, 15) is 13.8 Å². The van der Waals surface area contributed by atoms with E-state index in [4.69, 9.17) is 25.4 Å². The lowest BCUT2D eigenvalue weighted by molar-refractivity contribution is -0.121. The number of thioether (sulfide) groups is 1. The average Bonchev–Trinajstić information content (AvgIpc) is 3.31. The second-order valence-corrected chi connectivity index (χ2v) is 12.1. The summed E-state index contributed by atoms with van der Waals surface area (Å²) in [5.74, 6) is 1.18. The Hall–Kier alpha value is -0.700. The molecular weight excluding hydrogens is 478 g/mol. The number of hydrogen-bond donors (Lipinski definition) is 3. The van der Waals surface area contributed by atoms with Gasteiger partial charge < -0.3 is 30.2 Å². The number of amides is 3. The molecule has 0 spiro atoms. The highest BCUT2D eigenvalue weighted by molar-refractivity contribution is 8.30. The van der Waals surface area contributed by atoms with Crippen molar-refractivity contribution >= 4 is 43.7 Å². The van der Waals surface area contributed by atoms with Gasteiger partial charge in [-0.1, -0.05) is 6.42 Å². The third-order valence-corrected chi connectivity index (χ3v) is 8.72. The van der Waals surface area contributed by atoms with Crippen LogP contribution in [0.1, 0.15) is 25.7 Å². The van der Waals surface area contributed by atoms with Crippen LogP contribution >= 0.6 is 11.8 Å². The minimum absolute atomic E-state index is 0.0336. The molecule has 0 aliphatic carbocycles. The van der Waals surface area contributed by atoms with Crippen molar-refractivity contribution in [2.75, 3.05) is 64.8 Å². The summed E-state index contributed by atoms with van der Waals surface area (Å²) >= 11 is 6.63. The zero-order valence-electron chi connectivity index (χ0n) is 18.5. The first-order chi connectivity index (χ1) is 15.4. The third-order valence-electron chi connectivity index (χ3n) is 5.12. The van der Waals surface area contributed by atoms with Gasteiger partial charge in [0.25, 0.3) is 0 Å². The maximum absolute atomic E-state index is 11.9. The molecule has 3 N–H and O–H groups in total. The third kappa shape index (κ3) is 10.9. The van der Waals surface area contributed by atoms with Gasteiger partial charge in [-0.3, -0.25) is 8.98 Å². The maximum Gasteiger partial charge on any atom is 0.315 e. The van der Waals surface area contributed by atoms with Crippen molar-refractivity contribution in [2.45, 2.75) is 43.0 Å². The van der Waals surface area contributed by atoms with Crippen molar-refractivity contribution in [3.05, 3.63) is 0 Å². The zero-order valence-corrected chi connectivity index (χ0v) is 21.0. The van der Waals surface area contributed by atoms with Gasteiger partial charge in [0.15, 0.2) is 0 Å². The molecule has 2 saturated heterocycles. The SMILES string of the molecule is COS(=O)(=S)CCOCCOCCOCCNC(=O)CCCCC1SCC2NC(=O)NC21. The fraction of sp³-hybridized carbons (Fsp3) is 0.895. The van der Waals surface area contributed by atoms with E-state index in [1.807, 2.05) is 11.8 Å². The lowest BCUT2D eigenvalue weighted by Gasteiger charge is -2.16. The molecule has 186 valence electrons. The summed E-state index contributed by atoms with van der Waals surface area (Å²) in [7, 11) is -1.32. The van der Waals surface area contributed by atoms with Gasteiger partial charge in [-0.2, -0.15) is 11.8 Å². The fourth-order valence-electron chi connectivity index (χ4n) is 3.41. The molecular formula is C19H35N3O7S3.